The summed E-state index contributed by atoms with van der Waals surface area (Å²) < 4.78 is 0.854. The van der Waals surface area contributed by atoms with Gasteiger partial charge in [0.05, 0.1) is 0 Å². The van der Waals surface area contributed by atoms with E-state index in [0.29, 0.717) is 0 Å². The molecule has 2 atom stereocenters. The van der Waals surface area contributed by atoms with Gasteiger partial charge in [-0.1, -0.05) is 41.7 Å². The molecule has 0 aromatic heterocycles. The van der Waals surface area contributed by atoms with Crippen LogP contribution in [0.15, 0.2) is 12.2 Å². The van der Waals surface area contributed by atoms with Crippen LogP contribution in [0.1, 0.15) is 26.2 Å². The van der Waals surface area contributed by atoms with Crippen molar-refractivity contribution in [3.63, 3.8) is 0 Å². The van der Waals surface area contributed by atoms with Crippen LogP contribution in [0.2, 0.25) is 0 Å². The van der Waals surface area contributed by atoms with Crippen LogP contribution in [0.4, 0.5) is 0 Å². The molecule has 0 radical (unpaired) electrons. The fourth-order valence-electron chi connectivity index (χ4n) is 1.23. The summed E-state index contributed by atoms with van der Waals surface area (Å²) in [5.74, 6) is 0.954. The van der Waals surface area contributed by atoms with Crippen molar-refractivity contribution in [2.24, 2.45) is 5.92 Å². The average molecular weight is 236 g/mol. The number of hydrogen-bond acceptors (Lipinski definition) is 0. The van der Waals surface area contributed by atoms with Crippen LogP contribution in [0.3, 0.4) is 0 Å². The molecule has 0 bridgehead atoms. The maximum atomic E-state index is 2.53. The highest BCUT2D eigenvalue weighted by molar-refractivity contribution is 14.1. The lowest BCUT2D eigenvalue weighted by atomic mass is 9.92. The number of alkyl halides is 1. The predicted molar refractivity (Wildman–Crippen MR) is 50.0 cm³/mol. The zero-order valence-electron chi connectivity index (χ0n) is 5.81. The quantitative estimate of drug-likeness (QED) is 0.372. The summed E-state index contributed by atoms with van der Waals surface area (Å²) in [4.78, 5) is 0. The fourth-order valence-corrected chi connectivity index (χ4v) is 1.89. The first kappa shape index (κ1) is 7.58. The summed E-state index contributed by atoms with van der Waals surface area (Å²) in [6.07, 6.45) is 8.64. The lowest BCUT2D eigenvalue weighted by Crippen LogP contribution is -2.11. The maximum Gasteiger partial charge on any atom is 0.0113 e. The van der Waals surface area contributed by atoms with Crippen LogP contribution in [0.5, 0.6) is 0 Å². The van der Waals surface area contributed by atoms with Gasteiger partial charge in [-0.15, -0.1) is 0 Å². The van der Waals surface area contributed by atoms with E-state index >= 15 is 0 Å². The molecule has 0 aliphatic heterocycles. The van der Waals surface area contributed by atoms with Crippen LogP contribution >= 0.6 is 22.6 Å². The van der Waals surface area contributed by atoms with Gasteiger partial charge >= 0.3 is 0 Å². The normalized spacial score (nSPS) is 30.2. The summed E-state index contributed by atoms with van der Waals surface area (Å²) in [5, 5.41) is 0. The molecule has 0 saturated carbocycles. The van der Waals surface area contributed by atoms with Crippen LogP contribution in [-0.4, -0.2) is 3.92 Å². The molecule has 0 aromatic carbocycles. The summed E-state index contributed by atoms with van der Waals surface area (Å²) in [7, 11) is 0. The number of halogens is 1. The van der Waals surface area contributed by atoms with Gasteiger partial charge in [-0.25, -0.2) is 0 Å². The standard InChI is InChI=1S/C8H13I/c1-7(9)8-5-3-2-4-6-8/h2-3,7-8H,4-6H2,1H3/t7?,8-/m1/s1. The second kappa shape index (κ2) is 3.59. The highest BCUT2D eigenvalue weighted by Gasteiger charge is 2.13. The van der Waals surface area contributed by atoms with Gasteiger partial charge in [-0.3, -0.25) is 0 Å². The molecular formula is C8H13I. The molecule has 1 unspecified atom stereocenters. The van der Waals surface area contributed by atoms with Crippen LogP contribution < -0.4 is 0 Å². The Balaban J connectivity index is 2.35. The zero-order valence-corrected chi connectivity index (χ0v) is 7.97. The topological polar surface area (TPSA) is 0 Å². The molecule has 0 fully saturated rings. The lowest BCUT2D eigenvalue weighted by molar-refractivity contribution is 0.487. The van der Waals surface area contributed by atoms with E-state index in [1.165, 1.54) is 19.3 Å². The van der Waals surface area contributed by atoms with Crippen molar-refractivity contribution >= 4 is 22.6 Å². The Hall–Kier alpha value is 0.470. The van der Waals surface area contributed by atoms with Gasteiger partial charge < -0.3 is 0 Å². The molecule has 0 aromatic rings. The largest absolute Gasteiger partial charge is 0.0885 e. The molecule has 1 heteroatoms. The molecule has 0 heterocycles. The lowest BCUT2D eigenvalue weighted by Gasteiger charge is -2.19. The first-order chi connectivity index (χ1) is 4.30. The third-order valence-corrected chi connectivity index (χ3v) is 2.98. The molecule has 0 N–H and O–H groups in total. The monoisotopic (exact) mass is 236 g/mol. The Morgan fingerprint density at radius 1 is 1.56 bits per heavy atom. The minimum absolute atomic E-state index is 0.854. The molecule has 1 rings (SSSR count). The van der Waals surface area contributed by atoms with Gasteiger partial charge in [0.2, 0.25) is 0 Å². The van der Waals surface area contributed by atoms with Crippen molar-refractivity contribution < 1.29 is 0 Å². The van der Waals surface area contributed by atoms with Crippen molar-refractivity contribution in [3.05, 3.63) is 12.2 Å². The summed E-state index contributed by atoms with van der Waals surface area (Å²) >= 11 is 2.53. The van der Waals surface area contributed by atoms with E-state index in [9.17, 15) is 0 Å². The SMILES string of the molecule is CC(I)[C@@H]1CC=CCC1. The number of allylic oxidation sites excluding steroid dienone is 2. The fraction of sp³-hybridized carbons (Fsp3) is 0.750. The Morgan fingerprint density at radius 2 is 2.33 bits per heavy atom. The first-order valence-electron chi connectivity index (χ1n) is 3.60. The highest BCUT2D eigenvalue weighted by Crippen LogP contribution is 2.25. The van der Waals surface area contributed by atoms with Gasteiger partial charge in [-0.05, 0) is 25.2 Å². The van der Waals surface area contributed by atoms with E-state index in [2.05, 4.69) is 41.7 Å². The second-order valence-electron chi connectivity index (χ2n) is 2.72. The number of hydrogen-bond donors (Lipinski definition) is 0. The van der Waals surface area contributed by atoms with Crippen molar-refractivity contribution in [2.75, 3.05) is 0 Å². The Kier molecular flexibility index (Phi) is 3.02. The van der Waals surface area contributed by atoms with Gasteiger partial charge in [-0.2, -0.15) is 0 Å². The average Bonchev–Trinajstić information content (AvgIpc) is 1.90. The zero-order chi connectivity index (χ0) is 6.69. The van der Waals surface area contributed by atoms with Crippen molar-refractivity contribution in [1.82, 2.24) is 0 Å². The smallest absolute Gasteiger partial charge is 0.0113 e. The van der Waals surface area contributed by atoms with Gasteiger partial charge in [0, 0.05) is 3.92 Å². The first-order valence-corrected chi connectivity index (χ1v) is 4.84. The van der Waals surface area contributed by atoms with Gasteiger partial charge in [0.1, 0.15) is 0 Å². The summed E-state index contributed by atoms with van der Waals surface area (Å²) in [6, 6.07) is 0. The van der Waals surface area contributed by atoms with Crippen LogP contribution in [0.25, 0.3) is 0 Å². The van der Waals surface area contributed by atoms with Gasteiger partial charge in [0.15, 0.2) is 0 Å². The maximum absolute atomic E-state index is 2.53. The molecule has 0 spiro atoms. The Bertz CT molecular complexity index is 105. The molecule has 9 heavy (non-hydrogen) atoms. The van der Waals surface area contributed by atoms with E-state index in [1.54, 1.807) is 0 Å². The van der Waals surface area contributed by atoms with Crippen molar-refractivity contribution in [3.8, 4) is 0 Å². The van der Waals surface area contributed by atoms with E-state index in [4.69, 9.17) is 0 Å². The second-order valence-corrected chi connectivity index (χ2v) is 4.69. The molecule has 1 aliphatic carbocycles. The predicted octanol–water partition coefficient (Wildman–Crippen LogP) is 3.17. The van der Waals surface area contributed by atoms with Crippen LogP contribution in [-0.2, 0) is 0 Å². The minimum atomic E-state index is 0.854. The molecule has 0 amide bonds. The van der Waals surface area contributed by atoms with E-state index in [0.717, 1.165) is 9.84 Å². The molecular weight excluding hydrogens is 223 g/mol. The van der Waals surface area contributed by atoms with Crippen molar-refractivity contribution in [1.29, 1.82) is 0 Å². The molecule has 1 aliphatic rings. The van der Waals surface area contributed by atoms with Gasteiger partial charge in [0.25, 0.3) is 0 Å². The molecule has 0 saturated heterocycles. The molecule has 52 valence electrons. The third kappa shape index (κ3) is 2.28. The minimum Gasteiger partial charge on any atom is -0.0885 e. The van der Waals surface area contributed by atoms with E-state index in [1.807, 2.05) is 0 Å². The highest BCUT2D eigenvalue weighted by atomic mass is 127. The Labute approximate surface area is 70.9 Å². The summed E-state index contributed by atoms with van der Waals surface area (Å²) in [6.45, 7) is 2.31. The van der Waals surface area contributed by atoms with E-state index in [-0.39, 0.29) is 0 Å². The number of rotatable bonds is 1. The van der Waals surface area contributed by atoms with E-state index < -0.39 is 0 Å². The third-order valence-electron chi connectivity index (χ3n) is 1.96. The van der Waals surface area contributed by atoms with Crippen LogP contribution in [0, 0.1) is 5.92 Å². The molecule has 0 nitrogen and oxygen atoms in total. The van der Waals surface area contributed by atoms with Crippen molar-refractivity contribution in [2.45, 2.75) is 30.1 Å². The Morgan fingerprint density at radius 3 is 2.67 bits per heavy atom. The summed E-state index contributed by atoms with van der Waals surface area (Å²) in [5.41, 5.74) is 0.